The lowest BCUT2D eigenvalue weighted by Crippen LogP contribution is -2.07. The smallest absolute Gasteiger partial charge is 0.153 e. The maximum Gasteiger partial charge on any atom is 0.153 e. The summed E-state index contributed by atoms with van der Waals surface area (Å²) in [6.45, 7) is 2.02. The van der Waals surface area contributed by atoms with Crippen LogP contribution in [0.4, 0.5) is 5.82 Å². The van der Waals surface area contributed by atoms with Crippen LogP contribution in [0.15, 0.2) is 23.3 Å². The van der Waals surface area contributed by atoms with E-state index in [4.69, 9.17) is 0 Å². The Balaban J connectivity index is 2.76. The van der Waals surface area contributed by atoms with Crippen molar-refractivity contribution in [3.05, 3.63) is 23.9 Å². The van der Waals surface area contributed by atoms with Gasteiger partial charge in [0.05, 0.1) is 6.34 Å². The summed E-state index contributed by atoms with van der Waals surface area (Å²) in [5, 5.41) is 0. The van der Waals surface area contributed by atoms with Crippen LogP contribution < -0.4 is 0 Å². The largest absolute Gasteiger partial charge is 0.369 e. The van der Waals surface area contributed by atoms with Crippen LogP contribution in [0.3, 0.4) is 0 Å². The Hall–Kier alpha value is -1.38. The minimum Gasteiger partial charge on any atom is -0.369 e. The van der Waals surface area contributed by atoms with E-state index < -0.39 is 0 Å². The van der Waals surface area contributed by atoms with E-state index in [2.05, 4.69) is 9.98 Å². The molecule has 0 spiro atoms. The zero-order valence-corrected chi connectivity index (χ0v) is 7.65. The number of hydrogen-bond donors (Lipinski definition) is 0. The minimum atomic E-state index is 0.753. The number of pyridine rings is 1. The Bertz CT molecular complexity index is 279. The highest BCUT2D eigenvalue weighted by molar-refractivity contribution is 5.58. The number of nitrogens with zero attached hydrogens (tertiary/aromatic N) is 3. The van der Waals surface area contributed by atoms with Crippen LogP contribution in [-0.2, 0) is 0 Å². The highest BCUT2D eigenvalue weighted by Gasteiger charge is 1.88. The zero-order chi connectivity index (χ0) is 8.97. The van der Waals surface area contributed by atoms with Gasteiger partial charge in [0.15, 0.2) is 5.82 Å². The molecule has 0 aromatic carbocycles. The summed E-state index contributed by atoms with van der Waals surface area (Å²) < 4.78 is 0. The van der Waals surface area contributed by atoms with Gasteiger partial charge in [-0.1, -0.05) is 0 Å². The molecule has 0 amide bonds. The zero-order valence-electron chi connectivity index (χ0n) is 7.65. The fourth-order valence-electron chi connectivity index (χ4n) is 0.765. The Labute approximate surface area is 72.8 Å². The van der Waals surface area contributed by atoms with E-state index in [1.165, 1.54) is 5.56 Å². The summed E-state index contributed by atoms with van der Waals surface area (Å²) in [6, 6.07) is 3.90. The van der Waals surface area contributed by atoms with Crippen LogP contribution in [0, 0.1) is 6.92 Å². The van der Waals surface area contributed by atoms with E-state index in [1.807, 2.05) is 38.1 Å². The van der Waals surface area contributed by atoms with E-state index in [0.29, 0.717) is 0 Å². The van der Waals surface area contributed by atoms with Gasteiger partial charge >= 0.3 is 0 Å². The Morgan fingerprint density at radius 3 is 2.83 bits per heavy atom. The van der Waals surface area contributed by atoms with Gasteiger partial charge in [-0.15, -0.1) is 0 Å². The predicted octanol–water partition coefficient (Wildman–Crippen LogP) is 1.61. The molecule has 3 nitrogen and oxygen atoms in total. The van der Waals surface area contributed by atoms with Gasteiger partial charge in [0.2, 0.25) is 0 Å². The Morgan fingerprint density at radius 2 is 2.25 bits per heavy atom. The first kappa shape index (κ1) is 8.71. The maximum atomic E-state index is 4.16. The van der Waals surface area contributed by atoms with Gasteiger partial charge < -0.3 is 4.90 Å². The molecule has 1 heterocycles. The quantitative estimate of drug-likeness (QED) is 0.489. The molecule has 1 aromatic rings. The molecule has 0 unspecified atom stereocenters. The number of aromatic nitrogens is 1. The lowest BCUT2D eigenvalue weighted by molar-refractivity contribution is 0.643. The number of rotatable bonds is 2. The van der Waals surface area contributed by atoms with Gasteiger partial charge in [-0.3, -0.25) is 0 Å². The second-order valence-electron chi connectivity index (χ2n) is 2.90. The molecule has 0 aliphatic carbocycles. The van der Waals surface area contributed by atoms with Crippen LogP contribution >= 0.6 is 0 Å². The third-order valence-corrected chi connectivity index (χ3v) is 1.32. The Kier molecular flexibility index (Phi) is 2.80. The first-order chi connectivity index (χ1) is 5.68. The van der Waals surface area contributed by atoms with E-state index >= 15 is 0 Å². The summed E-state index contributed by atoms with van der Waals surface area (Å²) in [5.41, 5.74) is 1.18. The Morgan fingerprint density at radius 1 is 1.50 bits per heavy atom. The SMILES string of the molecule is Cc1ccnc(N=CN(C)C)c1. The molecule has 0 saturated carbocycles. The summed E-state index contributed by atoms with van der Waals surface area (Å²) in [5.74, 6) is 0.753. The molecule has 12 heavy (non-hydrogen) atoms. The third kappa shape index (κ3) is 2.70. The lowest BCUT2D eigenvalue weighted by Gasteiger charge is -2.01. The molecule has 0 bridgehead atoms. The average molecular weight is 163 g/mol. The number of aliphatic imine (C=N–C) groups is 1. The molecule has 1 aromatic heterocycles. The number of hydrogen-bond acceptors (Lipinski definition) is 2. The van der Waals surface area contributed by atoms with Gasteiger partial charge in [-0.2, -0.15) is 0 Å². The highest BCUT2D eigenvalue weighted by Crippen LogP contribution is 2.07. The van der Waals surface area contributed by atoms with Crippen molar-refractivity contribution in [1.29, 1.82) is 0 Å². The normalized spacial score (nSPS) is 10.6. The van der Waals surface area contributed by atoms with Gasteiger partial charge in [0.25, 0.3) is 0 Å². The lowest BCUT2D eigenvalue weighted by atomic mass is 10.3. The summed E-state index contributed by atoms with van der Waals surface area (Å²) in [4.78, 5) is 10.1. The van der Waals surface area contributed by atoms with Crippen molar-refractivity contribution >= 4 is 12.2 Å². The van der Waals surface area contributed by atoms with E-state index in [0.717, 1.165) is 5.82 Å². The molecule has 0 N–H and O–H groups in total. The van der Waals surface area contributed by atoms with Crippen LogP contribution in [0.2, 0.25) is 0 Å². The second kappa shape index (κ2) is 3.85. The summed E-state index contributed by atoms with van der Waals surface area (Å²) in [6.07, 6.45) is 3.50. The highest BCUT2D eigenvalue weighted by atomic mass is 15.1. The predicted molar refractivity (Wildman–Crippen MR) is 50.8 cm³/mol. The number of aryl methyl sites for hydroxylation is 1. The van der Waals surface area contributed by atoms with Crippen LogP contribution in [0.1, 0.15) is 5.56 Å². The molecule has 64 valence electrons. The van der Waals surface area contributed by atoms with E-state index in [9.17, 15) is 0 Å². The van der Waals surface area contributed by atoms with E-state index in [1.54, 1.807) is 12.5 Å². The van der Waals surface area contributed by atoms with Gasteiger partial charge in [-0.05, 0) is 24.6 Å². The minimum absolute atomic E-state index is 0.753. The van der Waals surface area contributed by atoms with Crippen molar-refractivity contribution in [3.63, 3.8) is 0 Å². The molecule has 0 aliphatic rings. The van der Waals surface area contributed by atoms with Gasteiger partial charge in [-0.25, -0.2) is 9.98 Å². The first-order valence-electron chi connectivity index (χ1n) is 3.82. The first-order valence-corrected chi connectivity index (χ1v) is 3.82. The standard InChI is InChI=1S/C9H13N3/c1-8-4-5-10-9(6-8)11-7-12(2)3/h4-7H,1-3H3. The molecule has 0 saturated heterocycles. The van der Waals surface area contributed by atoms with Crippen LogP contribution in [-0.4, -0.2) is 30.3 Å². The fourth-order valence-corrected chi connectivity index (χ4v) is 0.765. The van der Waals surface area contributed by atoms with Gasteiger partial charge in [0.1, 0.15) is 0 Å². The molecule has 3 heteroatoms. The molecular formula is C9H13N3. The monoisotopic (exact) mass is 163 g/mol. The van der Waals surface area contributed by atoms with Crippen LogP contribution in [0.5, 0.6) is 0 Å². The maximum absolute atomic E-state index is 4.16. The molecular weight excluding hydrogens is 150 g/mol. The molecule has 0 radical (unpaired) electrons. The van der Waals surface area contributed by atoms with Crippen molar-refractivity contribution in [2.75, 3.05) is 14.1 Å². The molecule has 0 fully saturated rings. The molecule has 0 aliphatic heterocycles. The topological polar surface area (TPSA) is 28.5 Å². The second-order valence-corrected chi connectivity index (χ2v) is 2.90. The van der Waals surface area contributed by atoms with Crippen molar-refractivity contribution in [2.45, 2.75) is 6.92 Å². The van der Waals surface area contributed by atoms with Crippen molar-refractivity contribution in [3.8, 4) is 0 Å². The fraction of sp³-hybridized carbons (Fsp3) is 0.333. The van der Waals surface area contributed by atoms with Gasteiger partial charge in [0, 0.05) is 20.3 Å². The van der Waals surface area contributed by atoms with Crippen LogP contribution in [0.25, 0.3) is 0 Å². The van der Waals surface area contributed by atoms with E-state index in [-0.39, 0.29) is 0 Å². The molecule has 1 rings (SSSR count). The van der Waals surface area contributed by atoms with Crippen molar-refractivity contribution < 1.29 is 0 Å². The average Bonchev–Trinajstić information content (AvgIpc) is 2.01. The summed E-state index contributed by atoms with van der Waals surface area (Å²) >= 11 is 0. The van der Waals surface area contributed by atoms with Crippen molar-refractivity contribution in [2.24, 2.45) is 4.99 Å². The molecule has 0 atom stereocenters. The van der Waals surface area contributed by atoms with Crippen molar-refractivity contribution in [1.82, 2.24) is 9.88 Å². The third-order valence-electron chi connectivity index (χ3n) is 1.32. The summed E-state index contributed by atoms with van der Waals surface area (Å²) in [7, 11) is 3.86.